The van der Waals surface area contributed by atoms with Crippen molar-refractivity contribution in [2.24, 2.45) is 0 Å². The van der Waals surface area contributed by atoms with E-state index in [2.05, 4.69) is 26.2 Å². The lowest BCUT2D eigenvalue weighted by atomic mass is 10.2. The lowest BCUT2D eigenvalue weighted by Gasteiger charge is -2.15. The summed E-state index contributed by atoms with van der Waals surface area (Å²) in [7, 11) is 1.60. The maximum absolute atomic E-state index is 13.0. The molecule has 0 fully saturated rings. The standard InChI is InChI=1S/C22H22BrFN2O3/c1-27-20-13-17(14-25-10-11-28-21-4-2-3-9-26-21)12-19(23)22(20)29-15-16-5-7-18(24)8-6-16/h2-9,12-13,25H,10-11,14-15H2,1H3. The van der Waals surface area contributed by atoms with Gasteiger partial charge < -0.3 is 19.5 Å². The van der Waals surface area contributed by atoms with Gasteiger partial charge in [-0.3, -0.25) is 0 Å². The Hall–Kier alpha value is -2.64. The third kappa shape index (κ3) is 6.44. The SMILES string of the molecule is COc1cc(CNCCOc2ccccn2)cc(Br)c1OCc1ccc(F)cc1. The average Bonchev–Trinajstić information content (AvgIpc) is 2.74. The summed E-state index contributed by atoms with van der Waals surface area (Å²) in [5, 5.41) is 3.33. The van der Waals surface area contributed by atoms with Gasteiger partial charge in [-0.2, -0.15) is 0 Å². The van der Waals surface area contributed by atoms with Crippen LogP contribution >= 0.6 is 15.9 Å². The molecule has 2 aromatic carbocycles. The molecular weight excluding hydrogens is 439 g/mol. The van der Waals surface area contributed by atoms with Gasteiger partial charge in [0.1, 0.15) is 19.0 Å². The molecule has 5 nitrogen and oxygen atoms in total. The summed E-state index contributed by atoms with van der Waals surface area (Å²) in [6, 6.07) is 15.7. The van der Waals surface area contributed by atoms with Gasteiger partial charge in [-0.05, 0) is 57.4 Å². The van der Waals surface area contributed by atoms with Crippen LogP contribution in [0.25, 0.3) is 0 Å². The first-order valence-electron chi connectivity index (χ1n) is 9.14. The van der Waals surface area contributed by atoms with Gasteiger partial charge in [0.05, 0.1) is 11.6 Å². The highest BCUT2D eigenvalue weighted by molar-refractivity contribution is 9.10. The monoisotopic (exact) mass is 460 g/mol. The van der Waals surface area contributed by atoms with Crippen molar-refractivity contribution in [3.8, 4) is 17.4 Å². The summed E-state index contributed by atoms with van der Waals surface area (Å²) in [6.07, 6.45) is 1.70. The molecule has 0 amide bonds. The van der Waals surface area contributed by atoms with Crippen LogP contribution < -0.4 is 19.5 Å². The summed E-state index contributed by atoms with van der Waals surface area (Å²) in [4.78, 5) is 4.12. The largest absolute Gasteiger partial charge is 0.493 e. The van der Waals surface area contributed by atoms with Crippen LogP contribution in [0, 0.1) is 5.82 Å². The minimum Gasteiger partial charge on any atom is -0.493 e. The number of halogens is 2. The van der Waals surface area contributed by atoms with Gasteiger partial charge in [-0.15, -0.1) is 0 Å². The van der Waals surface area contributed by atoms with Crippen molar-refractivity contribution in [2.75, 3.05) is 20.3 Å². The zero-order valence-corrected chi connectivity index (χ0v) is 17.6. The second-order valence-electron chi connectivity index (χ2n) is 6.22. The maximum Gasteiger partial charge on any atom is 0.213 e. The number of aromatic nitrogens is 1. The van der Waals surface area contributed by atoms with Crippen molar-refractivity contribution in [3.63, 3.8) is 0 Å². The molecule has 3 rings (SSSR count). The van der Waals surface area contributed by atoms with Gasteiger partial charge in [-0.25, -0.2) is 9.37 Å². The van der Waals surface area contributed by atoms with Gasteiger partial charge in [0.25, 0.3) is 0 Å². The number of ether oxygens (including phenoxy) is 3. The molecule has 0 aliphatic heterocycles. The highest BCUT2D eigenvalue weighted by Crippen LogP contribution is 2.37. The van der Waals surface area contributed by atoms with Gasteiger partial charge in [-0.1, -0.05) is 18.2 Å². The van der Waals surface area contributed by atoms with Crippen LogP contribution in [0.4, 0.5) is 4.39 Å². The summed E-state index contributed by atoms with van der Waals surface area (Å²) < 4.78 is 30.8. The number of methoxy groups -OCH3 is 1. The van der Waals surface area contributed by atoms with Crippen LogP contribution in [0.3, 0.4) is 0 Å². The molecular formula is C22H22BrFN2O3. The molecule has 3 aromatic rings. The summed E-state index contributed by atoms with van der Waals surface area (Å²) in [5.41, 5.74) is 1.92. The van der Waals surface area contributed by atoms with Crippen LogP contribution in [0.15, 0.2) is 65.3 Å². The fraction of sp³-hybridized carbons (Fsp3) is 0.227. The first kappa shape index (κ1) is 21.1. The average molecular weight is 461 g/mol. The lowest BCUT2D eigenvalue weighted by Crippen LogP contribution is -2.20. The second-order valence-corrected chi connectivity index (χ2v) is 7.07. The Morgan fingerprint density at radius 2 is 1.86 bits per heavy atom. The molecule has 0 saturated heterocycles. The zero-order chi connectivity index (χ0) is 20.5. The fourth-order valence-electron chi connectivity index (χ4n) is 2.64. The highest BCUT2D eigenvalue weighted by atomic mass is 79.9. The molecule has 0 unspecified atom stereocenters. The van der Waals surface area contributed by atoms with Gasteiger partial charge in [0.15, 0.2) is 11.5 Å². The molecule has 0 saturated carbocycles. The predicted molar refractivity (Wildman–Crippen MR) is 113 cm³/mol. The van der Waals surface area contributed by atoms with Gasteiger partial charge >= 0.3 is 0 Å². The smallest absolute Gasteiger partial charge is 0.213 e. The Morgan fingerprint density at radius 1 is 1.03 bits per heavy atom. The van der Waals surface area contributed by atoms with E-state index < -0.39 is 0 Å². The van der Waals surface area contributed by atoms with Crippen molar-refractivity contribution in [1.29, 1.82) is 0 Å². The summed E-state index contributed by atoms with van der Waals surface area (Å²) in [6.45, 7) is 2.17. The van der Waals surface area contributed by atoms with Crippen molar-refractivity contribution in [2.45, 2.75) is 13.2 Å². The van der Waals surface area contributed by atoms with Crippen molar-refractivity contribution in [3.05, 3.63) is 82.2 Å². The Labute approximate surface area is 178 Å². The Morgan fingerprint density at radius 3 is 2.59 bits per heavy atom. The number of benzene rings is 2. The van der Waals surface area contributed by atoms with Crippen LogP contribution in [-0.4, -0.2) is 25.2 Å². The molecule has 0 atom stereocenters. The Kier molecular flexibility index (Phi) is 7.84. The number of hydrogen-bond donors (Lipinski definition) is 1. The van der Waals surface area contributed by atoms with E-state index in [0.717, 1.165) is 15.6 Å². The Bertz CT molecular complexity index is 908. The third-order valence-electron chi connectivity index (χ3n) is 4.08. The molecule has 0 bridgehead atoms. The van der Waals surface area contributed by atoms with E-state index in [1.807, 2.05) is 30.3 Å². The summed E-state index contributed by atoms with van der Waals surface area (Å²) >= 11 is 3.55. The molecule has 0 radical (unpaired) electrons. The molecule has 0 aliphatic carbocycles. The van der Waals surface area contributed by atoms with Crippen LogP contribution in [0.2, 0.25) is 0 Å². The molecule has 1 heterocycles. The van der Waals surface area contributed by atoms with E-state index in [1.54, 1.807) is 25.4 Å². The minimum absolute atomic E-state index is 0.269. The van der Waals surface area contributed by atoms with E-state index in [0.29, 0.717) is 43.7 Å². The number of nitrogens with zero attached hydrogens (tertiary/aromatic N) is 1. The molecule has 1 N–H and O–H groups in total. The van der Waals surface area contributed by atoms with Crippen molar-refractivity contribution >= 4 is 15.9 Å². The first-order chi connectivity index (χ1) is 14.2. The van der Waals surface area contributed by atoms with Crippen LogP contribution in [0.1, 0.15) is 11.1 Å². The molecule has 1 aromatic heterocycles. The molecule has 152 valence electrons. The van der Waals surface area contributed by atoms with Crippen LogP contribution in [0.5, 0.6) is 17.4 Å². The normalized spacial score (nSPS) is 10.6. The first-order valence-corrected chi connectivity index (χ1v) is 9.93. The molecule has 0 spiro atoms. The molecule has 7 heteroatoms. The van der Waals surface area contributed by atoms with Gasteiger partial charge in [0.2, 0.25) is 5.88 Å². The zero-order valence-electron chi connectivity index (χ0n) is 16.0. The van der Waals surface area contributed by atoms with E-state index in [9.17, 15) is 4.39 Å². The number of nitrogens with one attached hydrogen (secondary N) is 1. The Balaban J connectivity index is 1.52. The quantitative estimate of drug-likeness (QED) is 0.442. The maximum atomic E-state index is 13.0. The molecule has 0 aliphatic rings. The number of hydrogen-bond acceptors (Lipinski definition) is 5. The number of pyridine rings is 1. The minimum atomic E-state index is -0.269. The lowest BCUT2D eigenvalue weighted by molar-refractivity contribution is 0.282. The van der Waals surface area contributed by atoms with E-state index in [1.165, 1.54) is 12.1 Å². The predicted octanol–water partition coefficient (Wildman–Crippen LogP) is 4.74. The van der Waals surface area contributed by atoms with E-state index in [-0.39, 0.29) is 5.82 Å². The van der Waals surface area contributed by atoms with E-state index >= 15 is 0 Å². The third-order valence-corrected chi connectivity index (χ3v) is 4.67. The highest BCUT2D eigenvalue weighted by Gasteiger charge is 2.12. The van der Waals surface area contributed by atoms with Crippen molar-refractivity contribution in [1.82, 2.24) is 10.3 Å². The van der Waals surface area contributed by atoms with Crippen molar-refractivity contribution < 1.29 is 18.6 Å². The van der Waals surface area contributed by atoms with Crippen LogP contribution in [-0.2, 0) is 13.2 Å². The molecule has 29 heavy (non-hydrogen) atoms. The second kappa shape index (κ2) is 10.8. The topological polar surface area (TPSA) is 52.6 Å². The summed E-state index contributed by atoms with van der Waals surface area (Å²) in [5.74, 6) is 1.58. The van der Waals surface area contributed by atoms with Gasteiger partial charge in [0, 0.05) is 25.4 Å². The van der Waals surface area contributed by atoms with E-state index in [4.69, 9.17) is 14.2 Å². The number of rotatable bonds is 10. The fourth-order valence-corrected chi connectivity index (χ4v) is 3.25.